The van der Waals surface area contributed by atoms with Gasteiger partial charge in [-0.25, -0.2) is 0 Å². The lowest BCUT2D eigenvalue weighted by Crippen LogP contribution is -2.30. The fourth-order valence-corrected chi connectivity index (χ4v) is 6.40. The van der Waals surface area contributed by atoms with E-state index in [2.05, 4.69) is 15.2 Å². The summed E-state index contributed by atoms with van der Waals surface area (Å²) in [4.78, 5) is 45.2. The van der Waals surface area contributed by atoms with Crippen LogP contribution in [0.5, 0.6) is 0 Å². The molecule has 4 aromatic rings. The van der Waals surface area contributed by atoms with Gasteiger partial charge >= 0.3 is 19.5 Å². The Morgan fingerprint density at radius 1 is 0.878 bits per heavy atom. The Morgan fingerprint density at radius 3 is 2.12 bits per heavy atom. The van der Waals surface area contributed by atoms with Crippen molar-refractivity contribution in [3.63, 3.8) is 0 Å². The molecule has 0 saturated carbocycles. The number of pyridine rings is 1. The number of nitrogens with one attached hydrogen (secondary N) is 1. The van der Waals surface area contributed by atoms with E-state index in [0.29, 0.717) is 10.5 Å². The Bertz CT molecular complexity index is 1830. The number of aromatic nitrogens is 3. The fourth-order valence-electron chi connectivity index (χ4n) is 4.11. The van der Waals surface area contributed by atoms with Crippen LogP contribution in [-0.4, -0.2) is 64.8 Å². The van der Waals surface area contributed by atoms with Crippen molar-refractivity contribution in [1.29, 1.82) is 0 Å². The lowest BCUT2D eigenvalue weighted by Gasteiger charge is -2.26. The predicted octanol–water partition coefficient (Wildman–Crippen LogP) is 7.63. The number of amides is 1. The molecule has 4 rings (SSSR count). The molecule has 260 valence electrons. The Balaban J connectivity index is 1.48. The first-order chi connectivity index (χ1) is 23.1. The molecule has 0 unspecified atom stereocenters. The van der Waals surface area contributed by atoms with Crippen molar-refractivity contribution in [2.24, 2.45) is 10.8 Å². The first kappa shape index (κ1) is 37.5. The van der Waals surface area contributed by atoms with Gasteiger partial charge in [0.25, 0.3) is 5.91 Å². The zero-order valence-corrected chi connectivity index (χ0v) is 30.3. The van der Waals surface area contributed by atoms with E-state index in [-0.39, 0.29) is 0 Å². The summed E-state index contributed by atoms with van der Waals surface area (Å²) in [6.07, 6.45) is 5.00. The quantitative estimate of drug-likeness (QED) is 0.0830. The van der Waals surface area contributed by atoms with Crippen molar-refractivity contribution in [3.05, 3.63) is 83.8 Å². The molecule has 0 aliphatic heterocycles. The second-order valence-electron chi connectivity index (χ2n) is 13.1. The van der Waals surface area contributed by atoms with Crippen LogP contribution in [0.1, 0.15) is 63.3 Å². The molecule has 0 aliphatic carbocycles. The van der Waals surface area contributed by atoms with E-state index in [1.54, 1.807) is 59.9 Å². The Morgan fingerprint density at radius 2 is 1.51 bits per heavy atom. The molecule has 0 saturated heterocycles. The molecule has 0 bridgehead atoms. The summed E-state index contributed by atoms with van der Waals surface area (Å²) in [5.74, 6) is -1.63. The van der Waals surface area contributed by atoms with Gasteiger partial charge in [0.2, 0.25) is 13.6 Å². The van der Waals surface area contributed by atoms with Gasteiger partial charge in [-0.2, -0.15) is 5.10 Å². The zero-order valence-electron chi connectivity index (χ0n) is 28.6. The topological polar surface area (TPSA) is 150 Å². The number of rotatable bonds is 13. The highest BCUT2D eigenvalue weighted by atomic mass is 32.2. The van der Waals surface area contributed by atoms with E-state index in [1.807, 2.05) is 60.7 Å². The van der Waals surface area contributed by atoms with Gasteiger partial charge in [-0.3, -0.25) is 38.1 Å². The van der Waals surface area contributed by atoms with Crippen molar-refractivity contribution in [2.75, 3.05) is 26.9 Å². The Kier molecular flexibility index (Phi) is 12.2. The third-order valence-electron chi connectivity index (χ3n) is 6.84. The molecule has 1 amide bonds. The minimum absolute atomic E-state index is 0.351. The highest BCUT2D eigenvalue weighted by molar-refractivity contribution is 7.99. The normalized spacial score (nSPS) is 12.3. The smallest absolute Gasteiger partial charge is 0.355 e. The second kappa shape index (κ2) is 15.9. The van der Waals surface area contributed by atoms with E-state index in [0.717, 1.165) is 27.2 Å². The first-order valence-electron chi connectivity index (χ1n) is 15.4. The Hall–Kier alpha value is -4.29. The SMILES string of the molecule is CN(CP(=O)(OCOC(=O)C(C)(C)C)OCOC(=O)C(C)(C)C)C(=O)c1ccccc1Sc1ccc2c(/C=C/c3ccccn3)n[nH]c2c1. The molecule has 2 aromatic carbocycles. The monoisotopic (exact) mass is 708 g/mol. The first-order valence-corrected chi connectivity index (χ1v) is 17.9. The number of benzene rings is 2. The van der Waals surface area contributed by atoms with E-state index in [9.17, 15) is 18.9 Å². The number of carbonyl (C=O) groups is 3. The number of ether oxygens (including phenoxy) is 2. The number of fused-ring (bicyclic) bond motifs is 1. The van der Waals surface area contributed by atoms with Gasteiger partial charge in [0.05, 0.1) is 33.3 Å². The van der Waals surface area contributed by atoms with E-state index in [1.165, 1.54) is 23.7 Å². The zero-order chi connectivity index (χ0) is 35.8. The van der Waals surface area contributed by atoms with Crippen LogP contribution in [-0.2, 0) is 32.7 Å². The molecule has 2 aromatic heterocycles. The summed E-state index contributed by atoms with van der Waals surface area (Å²) in [6, 6.07) is 18.6. The van der Waals surface area contributed by atoms with Gasteiger partial charge in [0.15, 0.2) is 0 Å². The summed E-state index contributed by atoms with van der Waals surface area (Å²) in [5, 5.41) is 8.42. The summed E-state index contributed by atoms with van der Waals surface area (Å²) in [6.45, 7) is 8.58. The maximum Gasteiger partial charge on any atom is 0.355 e. The summed E-state index contributed by atoms with van der Waals surface area (Å²) in [5.41, 5.74) is 1.10. The average Bonchev–Trinajstić information content (AvgIpc) is 3.45. The molecule has 0 aliphatic rings. The molecule has 1 N–H and O–H groups in total. The van der Waals surface area contributed by atoms with Crippen LogP contribution in [0, 0.1) is 10.8 Å². The summed E-state index contributed by atoms with van der Waals surface area (Å²) in [7, 11) is -2.73. The van der Waals surface area contributed by atoms with Crippen LogP contribution in [0.3, 0.4) is 0 Å². The lowest BCUT2D eigenvalue weighted by atomic mass is 9.98. The standard InChI is InChI=1S/C35H41N4O8PS/c1-34(2,3)32(41)44-22-46-48(43,47-23-45-33(42)35(4,5)6)21-39(7)31(40)27-13-8-9-14-30(27)49-25-16-17-26-28(37-38-29(26)20-25)18-15-24-12-10-11-19-36-24/h8-20H,21-23H2,1-7H3,(H,37,38)/b18-15+. The third kappa shape index (κ3) is 10.6. The molecule has 2 heterocycles. The number of hydrogen-bond acceptors (Lipinski definition) is 11. The average molecular weight is 709 g/mol. The predicted molar refractivity (Wildman–Crippen MR) is 187 cm³/mol. The van der Waals surface area contributed by atoms with Crippen molar-refractivity contribution >= 4 is 60.3 Å². The maximum absolute atomic E-state index is 13.8. The van der Waals surface area contributed by atoms with Gasteiger partial charge in [-0.15, -0.1) is 0 Å². The molecular weight excluding hydrogens is 667 g/mol. The summed E-state index contributed by atoms with van der Waals surface area (Å²) >= 11 is 1.38. The Labute approximate surface area is 290 Å². The largest absolute Gasteiger partial charge is 0.438 e. The number of hydrogen-bond donors (Lipinski definition) is 1. The number of H-pyrrole nitrogens is 1. The van der Waals surface area contributed by atoms with Crippen LogP contribution in [0.4, 0.5) is 0 Å². The number of nitrogens with zero attached hydrogens (tertiary/aromatic N) is 3. The highest BCUT2D eigenvalue weighted by Gasteiger charge is 2.33. The van der Waals surface area contributed by atoms with Crippen LogP contribution in [0.15, 0.2) is 76.7 Å². The third-order valence-corrected chi connectivity index (χ3v) is 9.68. The molecule has 0 fully saturated rings. The van der Waals surface area contributed by atoms with Gasteiger partial charge in [0, 0.05) is 28.4 Å². The van der Waals surface area contributed by atoms with E-state index in [4.69, 9.17) is 18.5 Å². The van der Waals surface area contributed by atoms with Crippen LogP contribution in [0.25, 0.3) is 23.1 Å². The van der Waals surface area contributed by atoms with Crippen molar-refractivity contribution in [1.82, 2.24) is 20.1 Å². The minimum atomic E-state index is -4.18. The molecular formula is C35H41N4O8PS. The van der Waals surface area contributed by atoms with Crippen LogP contribution in [0.2, 0.25) is 0 Å². The van der Waals surface area contributed by atoms with Crippen molar-refractivity contribution in [3.8, 4) is 0 Å². The molecule has 49 heavy (non-hydrogen) atoms. The fraction of sp³-hybridized carbons (Fsp3) is 0.343. The van der Waals surface area contributed by atoms with Crippen molar-refractivity contribution < 1.29 is 37.5 Å². The second-order valence-corrected chi connectivity index (χ2v) is 16.3. The molecule has 12 nitrogen and oxygen atoms in total. The number of esters is 2. The van der Waals surface area contributed by atoms with E-state index < -0.39 is 56.1 Å². The minimum Gasteiger partial charge on any atom is -0.438 e. The van der Waals surface area contributed by atoms with Gasteiger partial charge in [-0.1, -0.05) is 30.0 Å². The molecule has 0 radical (unpaired) electrons. The lowest BCUT2D eigenvalue weighted by molar-refractivity contribution is -0.162. The molecule has 0 atom stereocenters. The van der Waals surface area contributed by atoms with Gasteiger partial charge in [0.1, 0.15) is 6.29 Å². The van der Waals surface area contributed by atoms with Gasteiger partial charge < -0.3 is 14.4 Å². The summed E-state index contributed by atoms with van der Waals surface area (Å²) < 4.78 is 34.9. The number of carbonyl (C=O) groups excluding carboxylic acids is 3. The van der Waals surface area contributed by atoms with E-state index >= 15 is 0 Å². The van der Waals surface area contributed by atoms with Gasteiger partial charge in [-0.05, 0) is 96.2 Å². The van der Waals surface area contributed by atoms with Crippen LogP contribution >= 0.6 is 19.4 Å². The van der Waals surface area contributed by atoms with Crippen molar-refractivity contribution in [2.45, 2.75) is 51.3 Å². The maximum atomic E-state index is 13.8. The molecule has 0 spiro atoms. The molecule has 14 heteroatoms. The van der Waals surface area contributed by atoms with Crippen LogP contribution < -0.4 is 0 Å². The number of aromatic amines is 1. The highest BCUT2D eigenvalue weighted by Crippen LogP contribution is 2.49.